The minimum absolute atomic E-state index is 0.435. The smallest absolute Gasteiger partial charge is 0.0762 e. The van der Waals surface area contributed by atoms with Crippen LogP contribution in [0, 0.1) is 13.8 Å². The number of aliphatic hydroxyl groups excluding tert-OH is 1. The summed E-state index contributed by atoms with van der Waals surface area (Å²) in [6, 6.07) is 28.0. The highest BCUT2D eigenvalue weighted by Crippen LogP contribution is 2.37. The average molecular weight is 399 g/mol. The Morgan fingerprint density at radius 1 is 0.759 bits per heavy atom. The van der Waals surface area contributed by atoms with Gasteiger partial charge in [0, 0.05) is 9.75 Å². The lowest BCUT2D eigenvalue weighted by atomic mass is 9.99. The van der Waals surface area contributed by atoms with Crippen LogP contribution in [0.1, 0.15) is 40.8 Å². The zero-order valence-electron chi connectivity index (χ0n) is 17.1. The van der Waals surface area contributed by atoms with Gasteiger partial charge in [0.25, 0.3) is 0 Å². The van der Waals surface area contributed by atoms with E-state index in [9.17, 15) is 5.11 Å². The summed E-state index contributed by atoms with van der Waals surface area (Å²) in [4.78, 5) is 2.62. The first kappa shape index (κ1) is 19.6. The van der Waals surface area contributed by atoms with Crippen LogP contribution >= 0.6 is 11.3 Å². The number of rotatable bonds is 5. The normalized spacial score (nSPS) is 12.1. The van der Waals surface area contributed by atoms with Crippen LogP contribution < -0.4 is 0 Å². The highest BCUT2D eigenvalue weighted by molar-refractivity contribution is 7.18. The Labute approximate surface area is 177 Å². The molecule has 4 aromatic rings. The molecule has 2 heteroatoms. The molecule has 1 N–H and O–H groups in total. The zero-order chi connectivity index (χ0) is 20.4. The van der Waals surface area contributed by atoms with Crippen molar-refractivity contribution < 1.29 is 5.11 Å². The molecular weight excluding hydrogens is 372 g/mol. The molecule has 1 unspecified atom stereocenters. The molecule has 0 fully saturated rings. The van der Waals surface area contributed by atoms with Crippen molar-refractivity contribution >= 4 is 11.3 Å². The number of hydrogen-bond donors (Lipinski definition) is 1. The summed E-state index contributed by atoms with van der Waals surface area (Å²) in [5, 5.41) is 9.84. The molecule has 1 heterocycles. The monoisotopic (exact) mass is 398 g/mol. The fourth-order valence-electron chi connectivity index (χ4n) is 3.86. The van der Waals surface area contributed by atoms with Gasteiger partial charge in [0.1, 0.15) is 0 Å². The molecule has 4 rings (SSSR count). The van der Waals surface area contributed by atoms with Crippen molar-refractivity contribution in [3.8, 4) is 20.9 Å². The van der Waals surface area contributed by atoms with Crippen molar-refractivity contribution in [3.05, 3.63) is 107 Å². The number of thiophene rings is 1. The van der Waals surface area contributed by atoms with Crippen molar-refractivity contribution in [1.82, 2.24) is 0 Å². The first-order chi connectivity index (χ1) is 14.0. The van der Waals surface area contributed by atoms with E-state index in [1.807, 2.05) is 30.4 Å². The summed E-state index contributed by atoms with van der Waals surface area (Å²) in [6.07, 6.45) is 0.430. The van der Waals surface area contributed by atoms with Gasteiger partial charge in [-0.2, -0.15) is 0 Å². The van der Waals surface area contributed by atoms with E-state index in [0.29, 0.717) is 0 Å². The van der Waals surface area contributed by atoms with Crippen LogP contribution in [0.15, 0.2) is 78.9 Å². The molecule has 0 saturated heterocycles. The Kier molecular flexibility index (Phi) is 5.66. The quantitative estimate of drug-likeness (QED) is 0.373. The van der Waals surface area contributed by atoms with Gasteiger partial charge in [-0.15, -0.1) is 11.3 Å². The fourth-order valence-corrected chi connectivity index (χ4v) is 5.04. The molecule has 0 aliphatic heterocycles. The van der Waals surface area contributed by atoms with E-state index >= 15 is 0 Å². The molecule has 146 valence electrons. The van der Waals surface area contributed by atoms with E-state index in [-0.39, 0.29) is 0 Å². The van der Waals surface area contributed by atoms with Gasteiger partial charge in [0.05, 0.1) is 6.10 Å². The molecule has 29 heavy (non-hydrogen) atoms. The van der Waals surface area contributed by atoms with Crippen LogP contribution in [0.25, 0.3) is 20.9 Å². The topological polar surface area (TPSA) is 20.2 Å². The Bertz CT molecular complexity index is 1120. The molecule has 0 saturated carbocycles. The second-order valence-electron chi connectivity index (χ2n) is 7.73. The van der Waals surface area contributed by atoms with Gasteiger partial charge in [-0.3, -0.25) is 0 Å². The van der Waals surface area contributed by atoms with E-state index in [0.717, 1.165) is 12.0 Å². The van der Waals surface area contributed by atoms with Crippen molar-refractivity contribution in [2.75, 3.05) is 0 Å². The van der Waals surface area contributed by atoms with E-state index < -0.39 is 6.10 Å². The summed E-state index contributed by atoms with van der Waals surface area (Å²) in [5.74, 6) is 0. The summed E-state index contributed by atoms with van der Waals surface area (Å²) in [7, 11) is 0. The van der Waals surface area contributed by atoms with Gasteiger partial charge >= 0.3 is 0 Å². The molecule has 0 amide bonds. The van der Waals surface area contributed by atoms with Gasteiger partial charge in [-0.1, -0.05) is 66.7 Å². The molecule has 0 aliphatic rings. The lowest BCUT2D eigenvalue weighted by molar-refractivity contribution is 0.199. The number of aryl methyl sites for hydroxylation is 2. The fraction of sp³-hybridized carbons (Fsp3) is 0.185. The average Bonchev–Trinajstić information content (AvgIpc) is 3.18. The number of hydrogen-bond acceptors (Lipinski definition) is 2. The third kappa shape index (κ3) is 4.34. The Morgan fingerprint density at radius 2 is 1.38 bits per heavy atom. The van der Waals surface area contributed by atoms with Gasteiger partial charge < -0.3 is 5.11 Å². The van der Waals surface area contributed by atoms with Crippen LogP contribution in [-0.4, -0.2) is 5.11 Å². The molecule has 1 aromatic heterocycles. The van der Waals surface area contributed by atoms with Crippen LogP contribution in [0.5, 0.6) is 0 Å². The summed E-state index contributed by atoms with van der Waals surface area (Å²) in [6.45, 7) is 6.18. The summed E-state index contributed by atoms with van der Waals surface area (Å²) >= 11 is 1.86. The van der Waals surface area contributed by atoms with E-state index in [4.69, 9.17) is 0 Å². The predicted octanol–water partition coefficient (Wildman–Crippen LogP) is 7.34. The van der Waals surface area contributed by atoms with Crippen molar-refractivity contribution in [1.29, 1.82) is 0 Å². The van der Waals surface area contributed by atoms with Crippen LogP contribution in [0.4, 0.5) is 0 Å². The first-order valence-electron chi connectivity index (χ1n) is 10.0. The number of aliphatic hydroxyl groups is 1. The second-order valence-corrected chi connectivity index (χ2v) is 8.81. The number of benzene rings is 3. The Balaban J connectivity index is 1.62. The van der Waals surface area contributed by atoms with Gasteiger partial charge in [0.15, 0.2) is 0 Å². The van der Waals surface area contributed by atoms with Gasteiger partial charge in [-0.05, 0) is 78.3 Å². The Morgan fingerprint density at radius 3 is 2.10 bits per heavy atom. The highest BCUT2D eigenvalue weighted by Gasteiger charge is 2.10. The largest absolute Gasteiger partial charge is 0.389 e. The van der Waals surface area contributed by atoms with Crippen molar-refractivity contribution in [3.63, 3.8) is 0 Å². The molecular formula is C27H26OS. The second kappa shape index (κ2) is 8.36. The van der Waals surface area contributed by atoms with Crippen molar-refractivity contribution in [2.24, 2.45) is 0 Å². The molecule has 1 nitrogen and oxygen atoms in total. The maximum Gasteiger partial charge on any atom is 0.0762 e. The third-order valence-electron chi connectivity index (χ3n) is 5.39. The molecule has 0 radical (unpaired) electrons. The molecule has 3 aromatic carbocycles. The minimum Gasteiger partial charge on any atom is -0.389 e. The zero-order valence-corrected chi connectivity index (χ0v) is 18.0. The maximum absolute atomic E-state index is 9.84. The first-order valence-corrected chi connectivity index (χ1v) is 10.9. The molecule has 1 atom stereocenters. The van der Waals surface area contributed by atoms with E-state index in [1.165, 1.54) is 43.1 Å². The molecule has 0 bridgehead atoms. The van der Waals surface area contributed by atoms with Crippen LogP contribution in [0.3, 0.4) is 0 Å². The maximum atomic E-state index is 9.84. The Hall–Kier alpha value is -2.68. The highest BCUT2D eigenvalue weighted by atomic mass is 32.1. The van der Waals surface area contributed by atoms with E-state index in [1.54, 1.807) is 0 Å². The van der Waals surface area contributed by atoms with Crippen molar-refractivity contribution in [2.45, 2.75) is 33.3 Å². The third-order valence-corrected chi connectivity index (χ3v) is 6.54. The van der Waals surface area contributed by atoms with Gasteiger partial charge in [0.2, 0.25) is 0 Å². The summed E-state index contributed by atoms with van der Waals surface area (Å²) < 4.78 is 0. The van der Waals surface area contributed by atoms with E-state index in [2.05, 4.69) is 80.6 Å². The molecule has 0 aliphatic carbocycles. The predicted molar refractivity (Wildman–Crippen MR) is 125 cm³/mol. The lowest BCUT2D eigenvalue weighted by Crippen LogP contribution is -1.94. The lowest BCUT2D eigenvalue weighted by Gasteiger charge is -2.09. The van der Waals surface area contributed by atoms with Crippen LogP contribution in [-0.2, 0) is 6.42 Å². The SMILES string of the molecule is Cc1cccc(C)c1-c1ccc(-c2cccc(Cc3cccc(C(C)O)c3)c2)s1. The van der Waals surface area contributed by atoms with Gasteiger partial charge in [-0.25, -0.2) is 0 Å². The van der Waals surface area contributed by atoms with Crippen LogP contribution in [0.2, 0.25) is 0 Å². The molecule has 0 spiro atoms. The standard InChI is InChI=1S/C27H26OS/c1-18-7-4-8-19(2)27(18)26-14-13-25(29-26)24-12-6-10-22(17-24)15-21-9-5-11-23(16-21)20(3)28/h4-14,16-17,20,28H,15H2,1-3H3. The minimum atomic E-state index is -0.435. The summed E-state index contributed by atoms with van der Waals surface area (Å²) in [5.41, 5.74) is 8.74.